The predicted molar refractivity (Wildman–Crippen MR) is 55.1 cm³/mol. The maximum absolute atomic E-state index is 10.1. The van der Waals surface area contributed by atoms with Crippen LogP contribution in [0.25, 0.3) is 0 Å². The number of phenolic OH excluding ortho intramolecular Hbond substituents is 1. The molecule has 0 saturated carbocycles. The molecule has 1 aromatic carbocycles. The molecular formula is C11H15NO2. The van der Waals surface area contributed by atoms with Crippen LogP contribution in [0.2, 0.25) is 0 Å². The van der Waals surface area contributed by atoms with Crippen molar-refractivity contribution in [3.8, 4) is 5.75 Å². The van der Waals surface area contributed by atoms with E-state index in [1.165, 1.54) is 5.56 Å². The fourth-order valence-corrected chi connectivity index (χ4v) is 1.25. The van der Waals surface area contributed by atoms with Crippen LogP contribution in [0, 0.1) is 0 Å². The summed E-state index contributed by atoms with van der Waals surface area (Å²) in [4.78, 5) is 10.1. The smallest absolute Gasteiger partial charge is 0.207 e. The lowest BCUT2D eigenvalue weighted by atomic mass is 10.1. The highest BCUT2D eigenvalue weighted by Gasteiger charge is 2.00. The van der Waals surface area contributed by atoms with E-state index in [9.17, 15) is 4.79 Å². The molecule has 0 aliphatic rings. The zero-order chi connectivity index (χ0) is 10.4. The van der Waals surface area contributed by atoms with Gasteiger partial charge in [-0.3, -0.25) is 4.79 Å². The molecule has 3 heteroatoms. The Kier molecular flexibility index (Phi) is 3.98. The first kappa shape index (κ1) is 10.6. The molecule has 0 aliphatic carbocycles. The van der Waals surface area contributed by atoms with E-state index in [4.69, 9.17) is 5.11 Å². The van der Waals surface area contributed by atoms with E-state index in [2.05, 4.69) is 5.32 Å². The number of aryl methyl sites for hydroxylation is 1. The molecule has 1 rings (SSSR count). The largest absolute Gasteiger partial charge is 0.508 e. The third-order valence-electron chi connectivity index (χ3n) is 2.15. The molecule has 1 amide bonds. The Labute approximate surface area is 83.8 Å². The molecule has 76 valence electrons. The normalized spacial score (nSPS) is 12.1. The third kappa shape index (κ3) is 3.47. The molecule has 0 bridgehead atoms. The predicted octanol–water partition coefficient (Wildman–Crippen LogP) is 1.46. The van der Waals surface area contributed by atoms with Crippen molar-refractivity contribution < 1.29 is 9.90 Å². The molecule has 0 spiro atoms. The van der Waals surface area contributed by atoms with Gasteiger partial charge in [0.1, 0.15) is 5.75 Å². The van der Waals surface area contributed by atoms with Gasteiger partial charge in [0.2, 0.25) is 6.41 Å². The van der Waals surface area contributed by atoms with Crippen LogP contribution in [0.5, 0.6) is 5.75 Å². The van der Waals surface area contributed by atoms with Gasteiger partial charge in [-0.2, -0.15) is 0 Å². The molecule has 1 atom stereocenters. The van der Waals surface area contributed by atoms with Crippen LogP contribution in [-0.4, -0.2) is 17.6 Å². The number of rotatable bonds is 5. The first-order valence-corrected chi connectivity index (χ1v) is 4.70. The Balaban J connectivity index is 2.37. The number of amides is 1. The quantitative estimate of drug-likeness (QED) is 0.695. The van der Waals surface area contributed by atoms with Crippen LogP contribution in [0.1, 0.15) is 18.9 Å². The summed E-state index contributed by atoms with van der Waals surface area (Å²) in [6, 6.07) is 7.33. The van der Waals surface area contributed by atoms with Crippen molar-refractivity contribution in [2.75, 3.05) is 0 Å². The van der Waals surface area contributed by atoms with E-state index in [1.807, 2.05) is 19.1 Å². The number of carbonyl (C=O) groups is 1. The van der Waals surface area contributed by atoms with Crippen molar-refractivity contribution in [3.63, 3.8) is 0 Å². The fraction of sp³-hybridized carbons (Fsp3) is 0.364. The Hall–Kier alpha value is -1.51. The highest BCUT2D eigenvalue weighted by atomic mass is 16.3. The number of aromatic hydroxyl groups is 1. The van der Waals surface area contributed by atoms with Gasteiger partial charge in [-0.15, -0.1) is 0 Å². The SMILES string of the molecule is CC(CCc1ccc(O)cc1)NC=O. The average Bonchev–Trinajstić information content (AvgIpc) is 2.17. The highest BCUT2D eigenvalue weighted by molar-refractivity contribution is 5.46. The molecule has 1 unspecified atom stereocenters. The number of phenols is 1. The number of carbonyl (C=O) groups excluding carboxylic acids is 1. The van der Waals surface area contributed by atoms with Crippen molar-refractivity contribution >= 4 is 6.41 Å². The van der Waals surface area contributed by atoms with Crippen molar-refractivity contribution in [1.29, 1.82) is 0 Å². The summed E-state index contributed by atoms with van der Waals surface area (Å²) in [7, 11) is 0. The standard InChI is InChI=1S/C11H15NO2/c1-9(12-8-13)2-3-10-4-6-11(14)7-5-10/h4-9,14H,2-3H2,1H3,(H,12,13). The summed E-state index contributed by atoms with van der Waals surface area (Å²) in [5.74, 6) is 0.285. The third-order valence-corrected chi connectivity index (χ3v) is 2.15. The van der Waals surface area contributed by atoms with Gasteiger partial charge in [0.15, 0.2) is 0 Å². The number of hydrogen-bond acceptors (Lipinski definition) is 2. The van der Waals surface area contributed by atoms with Crippen LogP contribution in [-0.2, 0) is 11.2 Å². The minimum atomic E-state index is 0.196. The van der Waals surface area contributed by atoms with Gasteiger partial charge in [0.25, 0.3) is 0 Å². The Morgan fingerprint density at radius 3 is 2.64 bits per heavy atom. The van der Waals surface area contributed by atoms with Crippen LogP contribution >= 0.6 is 0 Å². The summed E-state index contributed by atoms with van der Waals surface area (Å²) in [5, 5.41) is 11.8. The topological polar surface area (TPSA) is 49.3 Å². The maximum Gasteiger partial charge on any atom is 0.207 e. The van der Waals surface area contributed by atoms with Crippen molar-refractivity contribution in [3.05, 3.63) is 29.8 Å². The fourth-order valence-electron chi connectivity index (χ4n) is 1.25. The molecule has 14 heavy (non-hydrogen) atoms. The van der Waals surface area contributed by atoms with E-state index in [-0.39, 0.29) is 11.8 Å². The van der Waals surface area contributed by atoms with E-state index in [0.29, 0.717) is 0 Å². The molecule has 0 aromatic heterocycles. The Bertz CT molecular complexity index is 282. The van der Waals surface area contributed by atoms with Crippen LogP contribution in [0.3, 0.4) is 0 Å². The Morgan fingerprint density at radius 1 is 1.43 bits per heavy atom. The number of hydrogen-bond donors (Lipinski definition) is 2. The summed E-state index contributed by atoms with van der Waals surface area (Å²) >= 11 is 0. The second kappa shape index (κ2) is 5.27. The summed E-state index contributed by atoms with van der Waals surface area (Å²) in [6.07, 6.45) is 2.54. The van der Waals surface area contributed by atoms with Gasteiger partial charge in [-0.1, -0.05) is 12.1 Å². The van der Waals surface area contributed by atoms with Gasteiger partial charge in [-0.05, 0) is 37.5 Å². The van der Waals surface area contributed by atoms with Gasteiger partial charge >= 0.3 is 0 Å². The van der Waals surface area contributed by atoms with Gasteiger partial charge in [0.05, 0.1) is 0 Å². The monoisotopic (exact) mass is 193 g/mol. The molecule has 2 N–H and O–H groups in total. The van der Waals surface area contributed by atoms with Crippen molar-refractivity contribution in [1.82, 2.24) is 5.32 Å². The van der Waals surface area contributed by atoms with Gasteiger partial charge in [0, 0.05) is 6.04 Å². The molecule has 0 heterocycles. The molecule has 0 radical (unpaired) electrons. The second-order valence-corrected chi connectivity index (χ2v) is 3.39. The van der Waals surface area contributed by atoms with Crippen molar-refractivity contribution in [2.24, 2.45) is 0 Å². The lowest BCUT2D eigenvalue weighted by Crippen LogP contribution is -2.24. The Morgan fingerprint density at radius 2 is 2.07 bits per heavy atom. The summed E-state index contributed by atoms with van der Waals surface area (Å²) < 4.78 is 0. The molecule has 0 saturated heterocycles. The zero-order valence-corrected chi connectivity index (χ0v) is 8.23. The van der Waals surface area contributed by atoms with Gasteiger partial charge < -0.3 is 10.4 Å². The first-order chi connectivity index (χ1) is 6.72. The van der Waals surface area contributed by atoms with E-state index < -0.39 is 0 Å². The first-order valence-electron chi connectivity index (χ1n) is 4.70. The molecule has 0 fully saturated rings. The van der Waals surface area contributed by atoms with E-state index in [1.54, 1.807) is 12.1 Å². The lowest BCUT2D eigenvalue weighted by Gasteiger charge is -2.09. The summed E-state index contributed by atoms with van der Waals surface area (Å²) in [6.45, 7) is 1.97. The van der Waals surface area contributed by atoms with Crippen LogP contribution in [0.15, 0.2) is 24.3 Å². The van der Waals surface area contributed by atoms with E-state index >= 15 is 0 Å². The summed E-state index contributed by atoms with van der Waals surface area (Å²) in [5.41, 5.74) is 1.17. The minimum Gasteiger partial charge on any atom is -0.508 e. The minimum absolute atomic E-state index is 0.196. The number of nitrogens with one attached hydrogen (secondary N) is 1. The van der Waals surface area contributed by atoms with Crippen LogP contribution in [0.4, 0.5) is 0 Å². The number of benzene rings is 1. The highest BCUT2D eigenvalue weighted by Crippen LogP contribution is 2.11. The average molecular weight is 193 g/mol. The molecular weight excluding hydrogens is 178 g/mol. The second-order valence-electron chi connectivity index (χ2n) is 3.39. The molecule has 1 aromatic rings. The van der Waals surface area contributed by atoms with Crippen LogP contribution < -0.4 is 5.32 Å². The zero-order valence-electron chi connectivity index (χ0n) is 8.23. The van der Waals surface area contributed by atoms with E-state index in [0.717, 1.165) is 19.3 Å². The maximum atomic E-state index is 10.1. The molecule has 3 nitrogen and oxygen atoms in total. The molecule has 0 aliphatic heterocycles. The van der Waals surface area contributed by atoms with Gasteiger partial charge in [-0.25, -0.2) is 0 Å². The lowest BCUT2D eigenvalue weighted by molar-refractivity contribution is -0.110. The van der Waals surface area contributed by atoms with Crippen molar-refractivity contribution in [2.45, 2.75) is 25.8 Å².